The number of aryl methyl sites for hydroxylation is 1. The van der Waals surface area contributed by atoms with Crippen LogP contribution in [0, 0.1) is 0 Å². The van der Waals surface area contributed by atoms with E-state index in [0.29, 0.717) is 6.04 Å². The molecule has 0 aliphatic heterocycles. The summed E-state index contributed by atoms with van der Waals surface area (Å²) in [4.78, 5) is 4.59. The lowest BCUT2D eigenvalue weighted by Gasteiger charge is -2.19. The molecule has 3 heteroatoms. The molecule has 2 aromatic rings. The summed E-state index contributed by atoms with van der Waals surface area (Å²) in [5.74, 6) is 0. The molecule has 0 radical (unpaired) electrons. The predicted octanol–water partition coefficient (Wildman–Crippen LogP) is 4.69. The molecule has 0 aliphatic rings. The molecule has 21 heavy (non-hydrogen) atoms. The molecule has 0 bridgehead atoms. The van der Waals surface area contributed by atoms with Crippen LogP contribution >= 0.6 is 15.9 Å². The topological polar surface area (TPSA) is 24.9 Å². The van der Waals surface area contributed by atoms with Gasteiger partial charge in [0.15, 0.2) is 0 Å². The highest BCUT2D eigenvalue weighted by atomic mass is 79.9. The SMILES string of the molecule is CCCNC(Cc1ccc(CC)cn1)c1cccc(Br)c1. The van der Waals surface area contributed by atoms with Gasteiger partial charge in [0, 0.05) is 28.8 Å². The van der Waals surface area contributed by atoms with E-state index in [1.165, 1.54) is 11.1 Å². The van der Waals surface area contributed by atoms with Crippen LogP contribution in [0.25, 0.3) is 0 Å². The van der Waals surface area contributed by atoms with Crippen molar-refractivity contribution in [2.24, 2.45) is 0 Å². The molecule has 2 rings (SSSR count). The third kappa shape index (κ3) is 4.94. The van der Waals surface area contributed by atoms with Gasteiger partial charge in [-0.1, -0.05) is 48.0 Å². The van der Waals surface area contributed by atoms with Crippen molar-refractivity contribution in [1.29, 1.82) is 0 Å². The van der Waals surface area contributed by atoms with Gasteiger partial charge in [-0.15, -0.1) is 0 Å². The van der Waals surface area contributed by atoms with Gasteiger partial charge in [0.25, 0.3) is 0 Å². The number of halogens is 1. The number of hydrogen-bond acceptors (Lipinski definition) is 2. The van der Waals surface area contributed by atoms with Gasteiger partial charge in [-0.05, 0) is 48.7 Å². The van der Waals surface area contributed by atoms with Crippen LogP contribution in [0.1, 0.15) is 43.1 Å². The van der Waals surface area contributed by atoms with Crippen LogP contribution in [-0.4, -0.2) is 11.5 Å². The van der Waals surface area contributed by atoms with Gasteiger partial charge in [0.05, 0.1) is 0 Å². The predicted molar refractivity (Wildman–Crippen MR) is 92.5 cm³/mol. The molecule has 2 nitrogen and oxygen atoms in total. The van der Waals surface area contributed by atoms with Crippen LogP contribution in [0.15, 0.2) is 47.1 Å². The van der Waals surface area contributed by atoms with Crippen LogP contribution < -0.4 is 5.32 Å². The monoisotopic (exact) mass is 346 g/mol. The molecular formula is C18H23BrN2. The minimum absolute atomic E-state index is 0.308. The minimum Gasteiger partial charge on any atom is -0.310 e. The summed E-state index contributed by atoms with van der Waals surface area (Å²) in [6.45, 7) is 5.37. The van der Waals surface area contributed by atoms with Gasteiger partial charge >= 0.3 is 0 Å². The van der Waals surface area contributed by atoms with Crippen molar-refractivity contribution in [2.75, 3.05) is 6.54 Å². The van der Waals surface area contributed by atoms with Gasteiger partial charge in [0.1, 0.15) is 0 Å². The molecule has 1 unspecified atom stereocenters. The average molecular weight is 347 g/mol. The molecule has 1 N–H and O–H groups in total. The number of nitrogens with one attached hydrogen (secondary N) is 1. The molecule has 1 heterocycles. The summed E-state index contributed by atoms with van der Waals surface area (Å²) >= 11 is 3.56. The fraction of sp³-hybridized carbons (Fsp3) is 0.389. The highest BCUT2D eigenvalue weighted by Gasteiger charge is 2.12. The zero-order valence-electron chi connectivity index (χ0n) is 12.8. The third-order valence-electron chi connectivity index (χ3n) is 3.60. The number of hydrogen-bond donors (Lipinski definition) is 1. The van der Waals surface area contributed by atoms with E-state index >= 15 is 0 Å². The first-order valence-electron chi connectivity index (χ1n) is 7.65. The zero-order chi connectivity index (χ0) is 15.1. The molecule has 1 aromatic carbocycles. The van der Waals surface area contributed by atoms with Gasteiger partial charge in [-0.3, -0.25) is 4.98 Å². The van der Waals surface area contributed by atoms with Gasteiger partial charge in [-0.2, -0.15) is 0 Å². The molecule has 0 spiro atoms. The molecule has 0 fully saturated rings. The Morgan fingerprint density at radius 2 is 2.05 bits per heavy atom. The summed E-state index contributed by atoms with van der Waals surface area (Å²) in [5.41, 5.74) is 3.74. The Morgan fingerprint density at radius 1 is 1.19 bits per heavy atom. The third-order valence-corrected chi connectivity index (χ3v) is 4.09. The molecule has 0 amide bonds. The normalized spacial score (nSPS) is 12.3. The van der Waals surface area contributed by atoms with Gasteiger partial charge in [-0.25, -0.2) is 0 Å². The summed E-state index contributed by atoms with van der Waals surface area (Å²) in [6.07, 6.45) is 5.08. The lowest BCUT2D eigenvalue weighted by Crippen LogP contribution is -2.24. The quantitative estimate of drug-likeness (QED) is 0.786. The van der Waals surface area contributed by atoms with Gasteiger partial charge in [0.2, 0.25) is 0 Å². The molecule has 0 saturated heterocycles. The zero-order valence-corrected chi connectivity index (χ0v) is 14.4. The highest BCUT2D eigenvalue weighted by molar-refractivity contribution is 9.10. The van der Waals surface area contributed by atoms with E-state index in [0.717, 1.165) is 36.0 Å². The Kier molecular flexibility index (Phi) is 6.40. The number of pyridine rings is 1. The maximum absolute atomic E-state index is 4.59. The summed E-state index contributed by atoms with van der Waals surface area (Å²) < 4.78 is 1.12. The van der Waals surface area contributed by atoms with Crippen molar-refractivity contribution in [3.05, 3.63) is 63.9 Å². The second kappa shape index (κ2) is 8.30. The second-order valence-electron chi connectivity index (χ2n) is 5.28. The van der Waals surface area contributed by atoms with E-state index < -0.39 is 0 Å². The van der Waals surface area contributed by atoms with E-state index in [1.807, 2.05) is 6.20 Å². The lowest BCUT2D eigenvalue weighted by molar-refractivity contribution is 0.524. The Bertz CT molecular complexity index is 551. The van der Waals surface area contributed by atoms with E-state index in [-0.39, 0.29) is 0 Å². The van der Waals surface area contributed by atoms with E-state index in [1.54, 1.807) is 0 Å². The van der Waals surface area contributed by atoms with Crippen LogP contribution in [0.5, 0.6) is 0 Å². The van der Waals surface area contributed by atoms with Crippen molar-refractivity contribution in [3.8, 4) is 0 Å². The van der Waals surface area contributed by atoms with Crippen molar-refractivity contribution in [3.63, 3.8) is 0 Å². The highest BCUT2D eigenvalue weighted by Crippen LogP contribution is 2.21. The van der Waals surface area contributed by atoms with Crippen molar-refractivity contribution in [2.45, 2.75) is 39.2 Å². The second-order valence-corrected chi connectivity index (χ2v) is 6.19. The van der Waals surface area contributed by atoms with Crippen LogP contribution in [-0.2, 0) is 12.8 Å². The largest absolute Gasteiger partial charge is 0.310 e. The first-order valence-corrected chi connectivity index (χ1v) is 8.44. The Balaban J connectivity index is 2.15. The molecule has 0 aliphatic carbocycles. The standard InChI is InChI=1S/C18H23BrN2/c1-3-10-20-18(15-6-5-7-16(19)11-15)12-17-9-8-14(4-2)13-21-17/h5-9,11,13,18,20H,3-4,10,12H2,1-2H3. The minimum atomic E-state index is 0.308. The van der Waals surface area contributed by atoms with Crippen LogP contribution in [0.4, 0.5) is 0 Å². The Labute approximate surface area is 136 Å². The molecule has 112 valence electrons. The Morgan fingerprint density at radius 3 is 2.67 bits per heavy atom. The summed E-state index contributed by atoms with van der Waals surface area (Å²) in [5, 5.41) is 3.63. The lowest BCUT2D eigenvalue weighted by atomic mass is 10.0. The Hall–Kier alpha value is -1.19. The van der Waals surface area contributed by atoms with Crippen molar-refractivity contribution >= 4 is 15.9 Å². The van der Waals surface area contributed by atoms with Crippen LogP contribution in [0.3, 0.4) is 0 Å². The molecule has 0 saturated carbocycles. The van der Waals surface area contributed by atoms with Gasteiger partial charge < -0.3 is 5.32 Å². The molecule has 1 atom stereocenters. The number of nitrogens with zero attached hydrogens (tertiary/aromatic N) is 1. The molecule has 1 aromatic heterocycles. The summed E-state index contributed by atoms with van der Waals surface area (Å²) in [6, 6.07) is 13.2. The number of rotatable bonds is 7. The maximum Gasteiger partial charge on any atom is 0.0422 e. The fourth-order valence-corrected chi connectivity index (χ4v) is 2.76. The van der Waals surface area contributed by atoms with E-state index in [4.69, 9.17) is 0 Å². The molecular weight excluding hydrogens is 324 g/mol. The summed E-state index contributed by atoms with van der Waals surface area (Å²) in [7, 11) is 0. The van der Waals surface area contributed by atoms with Crippen molar-refractivity contribution < 1.29 is 0 Å². The van der Waals surface area contributed by atoms with Crippen molar-refractivity contribution in [1.82, 2.24) is 10.3 Å². The first kappa shape index (κ1) is 16.2. The van der Waals surface area contributed by atoms with Crippen LogP contribution in [0.2, 0.25) is 0 Å². The van der Waals surface area contributed by atoms with E-state index in [2.05, 4.69) is 76.5 Å². The maximum atomic E-state index is 4.59. The van der Waals surface area contributed by atoms with E-state index in [9.17, 15) is 0 Å². The fourth-order valence-electron chi connectivity index (χ4n) is 2.34. The smallest absolute Gasteiger partial charge is 0.0422 e. The first-order chi connectivity index (χ1) is 10.2. The number of aromatic nitrogens is 1. The number of benzene rings is 1. The average Bonchev–Trinajstić information content (AvgIpc) is 2.52.